The van der Waals surface area contributed by atoms with Crippen molar-refractivity contribution in [2.24, 2.45) is 0 Å². The van der Waals surface area contributed by atoms with Crippen LogP contribution in [0.3, 0.4) is 0 Å². The molecule has 2 heterocycles. The van der Waals surface area contributed by atoms with E-state index in [2.05, 4.69) is 24.0 Å². The van der Waals surface area contributed by atoms with Crippen molar-refractivity contribution in [1.82, 2.24) is 15.0 Å². The number of H-pyrrole nitrogens is 1. The molecule has 0 bridgehead atoms. The summed E-state index contributed by atoms with van der Waals surface area (Å²) in [6.07, 6.45) is 1.55. The zero-order valence-corrected chi connectivity index (χ0v) is 12.9. The van der Waals surface area contributed by atoms with Crippen molar-refractivity contribution in [2.45, 2.75) is 19.8 Å². The lowest BCUT2D eigenvalue weighted by atomic mass is 10.1. The maximum atomic E-state index is 9.68. The summed E-state index contributed by atoms with van der Waals surface area (Å²) >= 11 is 0. The summed E-state index contributed by atoms with van der Waals surface area (Å²) in [4.78, 5) is 12.8. The van der Waals surface area contributed by atoms with Crippen LogP contribution in [0.25, 0.3) is 21.9 Å². The molecule has 23 heavy (non-hydrogen) atoms. The van der Waals surface area contributed by atoms with Crippen LogP contribution in [-0.2, 0) is 12.8 Å². The van der Waals surface area contributed by atoms with Crippen LogP contribution < -0.4 is 0 Å². The molecule has 0 amide bonds. The third kappa shape index (κ3) is 2.42. The zero-order chi connectivity index (χ0) is 15.8. The molecular formula is C19H17N3O. The lowest BCUT2D eigenvalue weighted by Crippen LogP contribution is -2.01. The monoisotopic (exact) mass is 303 g/mol. The second-order valence-electron chi connectivity index (χ2n) is 5.68. The van der Waals surface area contributed by atoms with Gasteiger partial charge in [-0.25, -0.2) is 9.97 Å². The topological polar surface area (TPSA) is 61.8 Å². The van der Waals surface area contributed by atoms with Crippen molar-refractivity contribution in [3.8, 4) is 5.75 Å². The van der Waals surface area contributed by atoms with Crippen molar-refractivity contribution in [3.05, 3.63) is 65.6 Å². The number of hydrogen-bond acceptors (Lipinski definition) is 3. The molecule has 0 aliphatic rings. The Morgan fingerprint density at radius 3 is 2.65 bits per heavy atom. The van der Waals surface area contributed by atoms with Gasteiger partial charge in [0.25, 0.3) is 0 Å². The van der Waals surface area contributed by atoms with Gasteiger partial charge in [0, 0.05) is 23.3 Å². The number of aromatic hydroxyl groups is 1. The maximum absolute atomic E-state index is 9.68. The van der Waals surface area contributed by atoms with E-state index in [4.69, 9.17) is 9.97 Å². The van der Waals surface area contributed by atoms with Gasteiger partial charge >= 0.3 is 0 Å². The van der Waals surface area contributed by atoms with E-state index < -0.39 is 0 Å². The van der Waals surface area contributed by atoms with Crippen molar-refractivity contribution in [2.75, 3.05) is 0 Å². The van der Waals surface area contributed by atoms with Gasteiger partial charge in [-0.1, -0.05) is 37.3 Å². The largest absolute Gasteiger partial charge is 0.508 e. The molecule has 114 valence electrons. The molecule has 2 aromatic carbocycles. The molecule has 0 spiro atoms. The van der Waals surface area contributed by atoms with Crippen LogP contribution in [0.1, 0.15) is 24.0 Å². The number of benzene rings is 2. The molecule has 0 saturated carbocycles. The molecule has 0 fully saturated rings. The maximum Gasteiger partial charge on any atom is 0.142 e. The van der Waals surface area contributed by atoms with Gasteiger partial charge in [0.15, 0.2) is 0 Å². The quantitative estimate of drug-likeness (QED) is 0.602. The van der Waals surface area contributed by atoms with Gasteiger partial charge in [0.1, 0.15) is 17.2 Å². The number of aryl methyl sites for hydroxylation is 1. The standard InChI is InChI=1S/C19H17N3O/c1-2-15-18-14-9-8-13(23)11-16(14)21-19(18)22-17(20-15)10-12-6-4-3-5-7-12/h3-9,11,23H,2,10H2,1H3,(H,20,21,22). The highest BCUT2D eigenvalue weighted by molar-refractivity contribution is 6.07. The first-order chi connectivity index (χ1) is 11.2. The average Bonchev–Trinajstić information content (AvgIpc) is 2.92. The molecule has 0 aliphatic carbocycles. The van der Waals surface area contributed by atoms with E-state index in [0.29, 0.717) is 6.42 Å². The summed E-state index contributed by atoms with van der Waals surface area (Å²) in [5.41, 5.74) is 3.96. The molecule has 2 N–H and O–H groups in total. The van der Waals surface area contributed by atoms with Crippen LogP contribution in [0.15, 0.2) is 48.5 Å². The van der Waals surface area contributed by atoms with Crippen molar-refractivity contribution >= 4 is 21.9 Å². The van der Waals surface area contributed by atoms with E-state index >= 15 is 0 Å². The number of aromatic nitrogens is 3. The summed E-state index contributed by atoms with van der Waals surface area (Å²) in [5, 5.41) is 11.8. The Labute approximate surface area is 133 Å². The molecule has 4 rings (SSSR count). The fourth-order valence-corrected chi connectivity index (χ4v) is 3.03. The average molecular weight is 303 g/mol. The molecule has 0 unspecified atom stereocenters. The molecule has 0 saturated heterocycles. The number of phenols is 1. The van der Waals surface area contributed by atoms with Crippen molar-refractivity contribution in [3.63, 3.8) is 0 Å². The van der Waals surface area contributed by atoms with Crippen LogP contribution in [0.4, 0.5) is 0 Å². The molecule has 0 aliphatic heterocycles. The second kappa shape index (κ2) is 5.39. The van der Waals surface area contributed by atoms with E-state index in [1.807, 2.05) is 24.3 Å². The number of phenolic OH excluding ortho intramolecular Hbond substituents is 1. The minimum atomic E-state index is 0.250. The number of aromatic amines is 1. The Bertz CT molecular complexity index is 990. The predicted octanol–water partition coefficient (Wildman–Crippen LogP) is 3.97. The lowest BCUT2D eigenvalue weighted by molar-refractivity contribution is 0.476. The Morgan fingerprint density at radius 2 is 1.87 bits per heavy atom. The van der Waals surface area contributed by atoms with E-state index in [9.17, 15) is 5.11 Å². The van der Waals surface area contributed by atoms with Gasteiger partial charge < -0.3 is 10.1 Å². The SMILES string of the molecule is CCc1nc(Cc2ccccc2)nc2[nH]c3cc(O)ccc3c12. The normalized spacial score (nSPS) is 11.3. The van der Waals surface area contributed by atoms with E-state index in [-0.39, 0.29) is 5.75 Å². The Kier molecular flexibility index (Phi) is 3.23. The van der Waals surface area contributed by atoms with Gasteiger partial charge in [-0.2, -0.15) is 0 Å². The molecule has 0 atom stereocenters. The third-order valence-corrected chi connectivity index (χ3v) is 4.10. The predicted molar refractivity (Wildman–Crippen MR) is 91.7 cm³/mol. The summed E-state index contributed by atoms with van der Waals surface area (Å²) in [6, 6.07) is 15.6. The molecule has 4 aromatic rings. The van der Waals surface area contributed by atoms with Crippen molar-refractivity contribution in [1.29, 1.82) is 0 Å². The Hall–Kier alpha value is -2.88. The van der Waals surface area contributed by atoms with Gasteiger partial charge in [0.05, 0.1) is 11.2 Å². The first-order valence-electron chi connectivity index (χ1n) is 7.78. The number of hydrogen-bond donors (Lipinski definition) is 2. The van der Waals surface area contributed by atoms with Gasteiger partial charge in [-0.15, -0.1) is 0 Å². The Morgan fingerprint density at radius 1 is 1.04 bits per heavy atom. The number of nitrogens with zero attached hydrogens (tertiary/aromatic N) is 2. The van der Waals surface area contributed by atoms with Crippen LogP contribution in [0, 0.1) is 0 Å². The fourth-order valence-electron chi connectivity index (χ4n) is 3.03. The fraction of sp³-hybridized carbons (Fsp3) is 0.158. The smallest absolute Gasteiger partial charge is 0.142 e. The molecular weight excluding hydrogens is 286 g/mol. The Balaban J connectivity index is 1.90. The second-order valence-corrected chi connectivity index (χ2v) is 5.68. The zero-order valence-electron chi connectivity index (χ0n) is 12.9. The molecule has 4 nitrogen and oxygen atoms in total. The van der Waals surface area contributed by atoms with Crippen LogP contribution in [0.5, 0.6) is 5.75 Å². The third-order valence-electron chi connectivity index (χ3n) is 4.10. The highest BCUT2D eigenvalue weighted by Gasteiger charge is 2.13. The summed E-state index contributed by atoms with van der Waals surface area (Å²) in [6.45, 7) is 2.10. The first kappa shape index (κ1) is 13.8. The summed E-state index contributed by atoms with van der Waals surface area (Å²) in [7, 11) is 0. The van der Waals surface area contributed by atoms with Gasteiger partial charge in [-0.05, 0) is 24.1 Å². The molecule has 2 aromatic heterocycles. The van der Waals surface area contributed by atoms with Crippen LogP contribution in [-0.4, -0.2) is 20.1 Å². The highest BCUT2D eigenvalue weighted by atomic mass is 16.3. The van der Waals surface area contributed by atoms with E-state index in [1.165, 1.54) is 5.56 Å². The number of nitrogens with one attached hydrogen (secondary N) is 1. The highest BCUT2D eigenvalue weighted by Crippen LogP contribution is 2.29. The van der Waals surface area contributed by atoms with E-state index in [0.717, 1.165) is 39.9 Å². The number of rotatable bonds is 3. The minimum Gasteiger partial charge on any atom is -0.508 e. The van der Waals surface area contributed by atoms with Crippen LogP contribution >= 0.6 is 0 Å². The van der Waals surface area contributed by atoms with Gasteiger partial charge in [0.2, 0.25) is 0 Å². The number of fused-ring (bicyclic) bond motifs is 3. The van der Waals surface area contributed by atoms with Crippen LogP contribution in [0.2, 0.25) is 0 Å². The summed E-state index contributed by atoms with van der Waals surface area (Å²) in [5.74, 6) is 1.07. The molecule has 4 heteroatoms. The minimum absolute atomic E-state index is 0.250. The first-order valence-corrected chi connectivity index (χ1v) is 7.78. The van der Waals surface area contributed by atoms with Gasteiger partial charge in [-0.3, -0.25) is 0 Å². The summed E-state index contributed by atoms with van der Waals surface area (Å²) < 4.78 is 0. The molecule has 0 radical (unpaired) electrons. The lowest BCUT2D eigenvalue weighted by Gasteiger charge is -2.05. The van der Waals surface area contributed by atoms with Crippen molar-refractivity contribution < 1.29 is 5.11 Å². The van der Waals surface area contributed by atoms with E-state index in [1.54, 1.807) is 12.1 Å².